The average molecular weight is 278 g/mol. The molecule has 0 aliphatic rings. The highest BCUT2D eigenvalue weighted by atomic mass is 32.2. The molecule has 2 rings (SSSR count). The molecule has 7 heteroatoms. The van der Waals surface area contributed by atoms with E-state index in [9.17, 15) is 0 Å². The molecule has 0 bridgehead atoms. The highest BCUT2D eigenvalue weighted by Gasteiger charge is 2.02. The van der Waals surface area contributed by atoms with Gasteiger partial charge >= 0.3 is 0 Å². The van der Waals surface area contributed by atoms with E-state index in [-0.39, 0.29) is 0 Å². The van der Waals surface area contributed by atoms with Crippen molar-refractivity contribution in [3.63, 3.8) is 0 Å². The molecule has 2 heterocycles. The van der Waals surface area contributed by atoms with Crippen LogP contribution >= 0.6 is 11.8 Å². The van der Waals surface area contributed by atoms with Crippen LogP contribution < -0.4 is 10.6 Å². The van der Waals surface area contributed by atoms with E-state index in [4.69, 9.17) is 0 Å². The van der Waals surface area contributed by atoms with Gasteiger partial charge in [-0.1, -0.05) is 11.8 Å². The first-order chi connectivity index (χ1) is 9.31. The van der Waals surface area contributed by atoms with Crippen LogP contribution in [0.4, 0.5) is 11.6 Å². The van der Waals surface area contributed by atoms with Gasteiger partial charge in [-0.15, -0.1) is 0 Å². The van der Waals surface area contributed by atoms with Crippen molar-refractivity contribution < 1.29 is 0 Å². The van der Waals surface area contributed by atoms with Crippen molar-refractivity contribution in [2.45, 2.75) is 18.1 Å². The molecule has 0 aliphatic heterocycles. The topological polar surface area (TPSA) is 67.7 Å². The molecule has 2 aromatic heterocycles. The van der Waals surface area contributed by atoms with Crippen LogP contribution in [0.1, 0.15) is 6.42 Å². The van der Waals surface area contributed by atoms with Crippen molar-refractivity contribution in [1.82, 2.24) is 19.7 Å². The fourth-order valence-electron chi connectivity index (χ4n) is 1.63. The number of hydrogen-bond donors (Lipinski definition) is 2. The summed E-state index contributed by atoms with van der Waals surface area (Å²) in [6, 6.07) is 3.84. The zero-order valence-corrected chi connectivity index (χ0v) is 11.9. The summed E-state index contributed by atoms with van der Waals surface area (Å²) in [4.78, 5) is 8.74. The largest absolute Gasteiger partial charge is 0.373 e. The van der Waals surface area contributed by atoms with Crippen molar-refractivity contribution in [2.75, 3.05) is 30.5 Å². The third-order valence-electron chi connectivity index (χ3n) is 2.57. The third kappa shape index (κ3) is 4.13. The quantitative estimate of drug-likeness (QED) is 0.458. The Kier molecular flexibility index (Phi) is 5.02. The minimum Gasteiger partial charge on any atom is -0.373 e. The summed E-state index contributed by atoms with van der Waals surface area (Å²) in [5.41, 5.74) is 0. The number of nitrogens with one attached hydrogen (secondary N) is 2. The summed E-state index contributed by atoms with van der Waals surface area (Å²) in [5, 5.41) is 11.3. The lowest BCUT2D eigenvalue weighted by Gasteiger charge is -2.08. The van der Waals surface area contributed by atoms with Crippen molar-refractivity contribution >= 4 is 23.4 Å². The van der Waals surface area contributed by atoms with Crippen LogP contribution in [-0.4, -0.2) is 39.6 Å². The molecule has 6 nitrogen and oxygen atoms in total. The summed E-state index contributed by atoms with van der Waals surface area (Å²) in [5.74, 6) is 1.68. The summed E-state index contributed by atoms with van der Waals surface area (Å²) in [6.45, 7) is 1.76. The second-order valence-electron chi connectivity index (χ2n) is 3.92. The molecular weight excluding hydrogens is 260 g/mol. The van der Waals surface area contributed by atoms with Crippen LogP contribution in [0.2, 0.25) is 0 Å². The SMILES string of the molecule is CNc1cc(NCCCn2cccn2)nc(SC)n1. The monoisotopic (exact) mass is 278 g/mol. The molecule has 0 saturated heterocycles. The Morgan fingerprint density at radius 3 is 2.84 bits per heavy atom. The molecule has 0 unspecified atom stereocenters. The highest BCUT2D eigenvalue weighted by Crippen LogP contribution is 2.16. The predicted octanol–water partition coefficient (Wildman–Crippen LogP) is 1.94. The molecule has 0 aromatic carbocycles. The van der Waals surface area contributed by atoms with Gasteiger partial charge in [0, 0.05) is 38.6 Å². The minimum atomic E-state index is 0.765. The van der Waals surface area contributed by atoms with Crippen LogP contribution in [0.5, 0.6) is 0 Å². The number of aromatic nitrogens is 4. The molecule has 0 atom stereocenters. The maximum absolute atomic E-state index is 4.41. The van der Waals surface area contributed by atoms with Crippen LogP contribution in [0.3, 0.4) is 0 Å². The van der Waals surface area contributed by atoms with E-state index in [1.807, 2.05) is 36.3 Å². The summed E-state index contributed by atoms with van der Waals surface area (Å²) < 4.78 is 1.92. The van der Waals surface area contributed by atoms with Crippen LogP contribution in [0.15, 0.2) is 29.7 Å². The van der Waals surface area contributed by atoms with E-state index < -0.39 is 0 Å². The smallest absolute Gasteiger partial charge is 0.191 e. The van der Waals surface area contributed by atoms with Crippen molar-refractivity contribution in [3.05, 3.63) is 24.5 Å². The lowest BCUT2D eigenvalue weighted by Crippen LogP contribution is -2.09. The molecule has 0 saturated carbocycles. The Bertz CT molecular complexity index is 477. The summed E-state index contributed by atoms with van der Waals surface area (Å²) in [7, 11) is 1.86. The van der Waals surface area contributed by atoms with E-state index in [1.165, 1.54) is 11.8 Å². The van der Waals surface area contributed by atoms with E-state index in [0.29, 0.717) is 0 Å². The minimum absolute atomic E-state index is 0.765. The number of rotatable bonds is 7. The Morgan fingerprint density at radius 2 is 2.16 bits per heavy atom. The molecule has 19 heavy (non-hydrogen) atoms. The van der Waals surface area contributed by atoms with Crippen molar-refractivity contribution in [1.29, 1.82) is 0 Å². The molecule has 0 radical (unpaired) electrons. The zero-order valence-electron chi connectivity index (χ0n) is 11.1. The first-order valence-corrected chi connectivity index (χ1v) is 7.36. The van der Waals surface area contributed by atoms with E-state index in [1.54, 1.807) is 6.20 Å². The number of anilines is 2. The first-order valence-electron chi connectivity index (χ1n) is 6.14. The van der Waals surface area contributed by atoms with Gasteiger partial charge in [0.2, 0.25) is 0 Å². The molecule has 0 aliphatic carbocycles. The van der Waals surface area contributed by atoms with Gasteiger partial charge in [0.1, 0.15) is 11.6 Å². The van der Waals surface area contributed by atoms with E-state index in [0.717, 1.165) is 36.3 Å². The molecule has 0 spiro atoms. The number of aryl methyl sites for hydroxylation is 1. The zero-order chi connectivity index (χ0) is 13.5. The highest BCUT2D eigenvalue weighted by molar-refractivity contribution is 7.98. The average Bonchev–Trinajstić information content (AvgIpc) is 2.96. The number of thioether (sulfide) groups is 1. The van der Waals surface area contributed by atoms with Gasteiger partial charge in [-0.25, -0.2) is 9.97 Å². The lowest BCUT2D eigenvalue weighted by atomic mass is 10.4. The third-order valence-corrected chi connectivity index (χ3v) is 3.12. The maximum Gasteiger partial charge on any atom is 0.191 e. The van der Waals surface area contributed by atoms with Crippen LogP contribution in [0.25, 0.3) is 0 Å². The second-order valence-corrected chi connectivity index (χ2v) is 4.70. The molecule has 2 aromatic rings. The van der Waals surface area contributed by atoms with Crippen molar-refractivity contribution in [3.8, 4) is 0 Å². The van der Waals surface area contributed by atoms with Gasteiger partial charge in [-0.3, -0.25) is 4.68 Å². The maximum atomic E-state index is 4.41. The number of nitrogens with zero attached hydrogens (tertiary/aromatic N) is 4. The van der Waals surface area contributed by atoms with Gasteiger partial charge in [-0.05, 0) is 18.7 Å². The summed E-state index contributed by atoms with van der Waals surface area (Å²) >= 11 is 1.53. The Hall–Kier alpha value is -1.76. The predicted molar refractivity (Wildman–Crippen MR) is 78.7 cm³/mol. The lowest BCUT2D eigenvalue weighted by molar-refractivity contribution is 0.591. The fourth-order valence-corrected chi connectivity index (χ4v) is 2.00. The molecule has 0 fully saturated rings. The van der Waals surface area contributed by atoms with Gasteiger partial charge in [0.25, 0.3) is 0 Å². The molecular formula is C12H18N6S. The van der Waals surface area contributed by atoms with Gasteiger partial charge in [-0.2, -0.15) is 5.10 Å². The molecule has 102 valence electrons. The van der Waals surface area contributed by atoms with Crippen molar-refractivity contribution in [2.24, 2.45) is 0 Å². The van der Waals surface area contributed by atoms with E-state index >= 15 is 0 Å². The van der Waals surface area contributed by atoms with Gasteiger partial charge in [0.05, 0.1) is 0 Å². The van der Waals surface area contributed by atoms with E-state index in [2.05, 4.69) is 25.7 Å². The first kappa shape index (κ1) is 13.7. The summed E-state index contributed by atoms with van der Waals surface area (Å²) in [6.07, 6.45) is 6.73. The second kappa shape index (κ2) is 6.98. The molecule has 2 N–H and O–H groups in total. The Morgan fingerprint density at radius 1 is 1.32 bits per heavy atom. The fraction of sp³-hybridized carbons (Fsp3) is 0.417. The normalized spacial score (nSPS) is 10.4. The van der Waals surface area contributed by atoms with Crippen LogP contribution in [0, 0.1) is 0 Å². The number of hydrogen-bond acceptors (Lipinski definition) is 6. The van der Waals surface area contributed by atoms with Gasteiger partial charge in [0.15, 0.2) is 5.16 Å². The Labute approximate surface area is 117 Å². The Balaban J connectivity index is 1.84. The molecule has 0 amide bonds. The van der Waals surface area contributed by atoms with Crippen LogP contribution in [-0.2, 0) is 6.54 Å². The standard InChI is InChI=1S/C12H18N6S/c1-13-10-9-11(17-12(16-10)19-2)14-5-3-7-18-8-4-6-15-18/h4,6,8-9H,3,5,7H2,1-2H3,(H2,13,14,16,17). The van der Waals surface area contributed by atoms with Gasteiger partial charge < -0.3 is 10.6 Å².